The minimum absolute atomic E-state index is 0.0741. The van der Waals surface area contributed by atoms with E-state index in [4.69, 9.17) is 8.92 Å². The molecule has 0 radical (unpaired) electrons. The first-order valence-corrected chi connectivity index (χ1v) is 16.4. The highest BCUT2D eigenvalue weighted by atomic mass is 32.2. The normalized spacial score (nSPS) is 20.8. The van der Waals surface area contributed by atoms with Crippen LogP contribution in [-0.2, 0) is 32.1 Å². The Balaban J connectivity index is 1.53. The van der Waals surface area contributed by atoms with Crippen molar-refractivity contribution in [1.82, 2.24) is 9.55 Å². The van der Waals surface area contributed by atoms with Gasteiger partial charge in [0.2, 0.25) is 5.03 Å². The summed E-state index contributed by atoms with van der Waals surface area (Å²) < 4.78 is 39.8. The Bertz CT molecular complexity index is 1410. The van der Waals surface area contributed by atoms with Crippen LogP contribution >= 0.6 is 11.8 Å². The third kappa shape index (κ3) is 5.53. The maximum absolute atomic E-state index is 13.7. The number of rotatable bonds is 7. The predicted octanol–water partition coefficient (Wildman–Crippen LogP) is 6.72. The van der Waals surface area contributed by atoms with Gasteiger partial charge in [0.05, 0.1) is 6.33 Å². The minimum atomic E-state index is -4.19. The van der Waals surface area contributed by atoms with Crippen LogP contribution in [0, 0.1) is 18.8 Å². The number of cyclic esters (lactones) is 1. The molecule has 0 spiro atoms. The first-order chi connectivity index (χ1) is 18.8. The average molecular weight is 589 g/mol. The van der Waals surface area contributed by atoms with Gasteiger partial charge in [0, 0.05) is 30.1 Å². The van der Waals surface area contributed by atoms with Gasteiger partial charge in [-0.25, -0.2) is 9.78 Å². The van der Waals surface area contributed by atoms with Crippen LogP contribution in [0.1, 0.15) is 89.7 Å². The van der Waals surface area contributed by atoms with E-state index in [1.54, 1.807) is 17.7 Å². The van der Waals surface area contributed by atoms with Crippen molar-refractivity contribution in [2.24, 2.45) is 18.9 Å². The molecule has 2 saturated carbocycles. The Morgan fingerprint density at radius 1 is 1.10 bits per heavy atom. The summed E-state index contributed by atoms with van der Waals surface area (Å²) >= 11 is 1.13. The van der Waals surface area contributed by atoms with Crippen molar-refractivity contribution in [3.8, 4) is 5.75 Å². The zero-order valence-electron chi connectivity index (χ0n) is 24.0. The van der Waals surface area contributed by atoms with Crippen LogP contribution < -0.4 is 4.18 Å². The second-order valence-electron chi connectivity index (χ2n) is 12.7. The lowest BCUT2D eigenvalue weighted by Gasteiger charge is -2.45. The fourth-order valence-electron chi connectivity index (χ4n) is 6.83. The Hall–Kier alpha value is -2.46. The molecule has 1 aromatic carbocycles. The maximum Gasteiger partial charge on any atom is 0.358 e. The molecule has 2 fully saturated rings. The molecule has 0 unspecified atom stereocenters. The molecule has 1 N–H and O–H groups in total. The topological polar surface area (TPSA) is 108 Å². The summed E-state index contributed by atoms with van der Waals surface area (Å²) in [6, 6.07) is 3.58. The summed E-state index contributed by atoms with van der Waals surface area (Å²) in [6.07, 6.45) is 11.7. The van der Waals surface area contributed by atoms with E-state index in [1.807, 2.05) is 33.8 Å². The lowest BCUT2D eigenvalue weighted by Crippen LogP contribution is -2.50. The molecule has 40 heavy (non-hydrogen) atoms. The number of aryl methyl sites for hydroxylation is 2. The van der Waals surface area contributed by atoms with Gasteiger partial charge in [-0.2, -0.15) is 8.42 Å². The number of hydrogen-bond acceptors (Lipinski definition) is 8. The second kappa shape index (κ2) is 10.7. The molecule has 0 saturated heterocycles. The molecule has 218 valence electrons. The van der Waals surface area contributed by atoms with Crippen molar-refractivity contribution in [2.75, 3.05) is 0 Å². The summed E-state index contributed by atoms with van der Waals surface area (Å²) in [5.74, 6) is 0.307. The van der Waals surface area contributed by atoms with Crippen LogP contribution in [-0.4, -0.2) is 34.6 Å². The van der Waals surface area contributed by atoms with Gasteiger partial charge in [-0.05, 0) is 67.6 Å². The molecule has 8 nitrogen and oxygen atoms in total. The standard InChI is InChI=1S/C30H40N2O6S2/c1-19-14-23(38-40(35,36)25-17-32(5)18-31-25)26(29(2,3)4)24(15-19)39-27-22(33)16-30(37-28(27)34,20-10-6-7-11-20)21-12-8-9-13-21/h14-15,17-18,20-21,33H,6-13,16H2,1-5H3. The molecule has 1 aliphatic heterocycles. The molecule has 3 aliphatic rings. The Morgan fingerprint density at radius 3 is 2.20 bits per heavy atom. The van der Waals surface area contributed by atoms with E-state index in [-0.39, 0.29) is 33.3 Å². The fourth-order valence-corrected chi connectivity index (χ4v) is 9.04. The van der Waals surface area contributed by atoms with Crippen molar-refractivity contribution < 1.29 is 27.2 Å². The van der Waals surface area contributed by atoms with Crippen molar-refractivity contribution in [3.05, 3.63) is 46.4 Å². The van der Waals surface area contributed by atoms with E-state index >= 15 is 0 Å². The molecule has 0 atom stereocenters. The number of ether oxygens (including phenoxy) is 1. The molecule has 2 aromatic rings. The molecule has 0 amide bonds. The fraction of sp³-hybridized carbons (Fsp3) is 0.600. The quantitative estimate of drug-likeness (QED) is 0.281. The molecule has 10 heteroatoms. The number of hydrogen-bond donors (Lipinski definition) is 1. The van der Waals surface area contributed by atoms with E-state index in [0.717, 1.165) is 68.7 Å². The molecule has 1 aromatic heterocycles. The van der Waals surface area contributed by atoms with E-state index in [2.05, 4.69) is 4.98 Å². The summed E-state index contributed by atoms with van der Waals surface area (Å²) in [5.41, 5.74) is 0.205. The van der Waals surface area contributed by atoms with Crippen LogP contribution in [0.3, 0.4) is 0 Å². The number of esters is 1. The molecular formula is C30H40N2O6S2. The van der Waals surface area contributed by atoms with E-state index in [1.165, 1.54) is 12.5 Å². The lowest BCUT2D eigenvalue weighted by molar-refractivity contribution is -0.175. The maximum atomic E-state index is 13.7. The van der Waals surface area contributed by atoms with Crippen LogP contribution in [0.15, 0.2) is 45.2 Å². The van der Waals surface area contributed by atoms with Gasteiger partial charge >= 0.3 is 16.1 Å². The summed E-state index contributed by atoms with van der Waals surface area (Å²) in [6.45, 7) is 7.72. The van der Waals surface area contributed by atoms with Crippen LogP contribution in [0.4, 0.5) is 0 Å². The number of nitrogens with zero attached hydrogens (tertiary/aromatic N) is 2. The molecule has 2 aliphatic carbocycles. The van der Waals surface area contributed by atoms with Gasteiger partial charge in [-0.1, -0.05) is 58.2 Å². The number of thioether (sulfide) groups is 1. The van der Waals surface area contributed by atoms with Crippen molar-refractivity contribution >= 4 is 27.8 Å². The largest absolute Gasteiger partial charge is 0.511 e. The number of carbonyl (C=O) groups excluding carboxylic acids is 1. The Kier molecular flexibility index (Phi) is 7.80. The average Bonchev–Trinajstić information content (AvgIpc) is 3.63. The van der Waals surface area contributed by atoms with Crippen molar-refractivity contribution in [2.45, 2.75) is 106 Å². The first kappa shape index (κ1) is 29.0. The third-order valence-electron chi connectivity index (χ3n) is 8.58. The van der Waals surface area contributed by atoms with Crippen LogP contribution in [0.5, 0.6) is 5.75 Å². The van der Waals surface area contributed by atoms with E-state index in [9.17, 15) is 18.3 Å². The first-order valence-electron chi connectivity index (χ1n) is 14.2. The van der Waals surface area contributed by atoms with Gasteiger partial charge in [0.1, 0.15) is 22.0 Å². The highest BCUT2D eigenvalue weighted by molar-refractivity contribution is 8.04. The van der Waals surface area contributed by atoms with Gasteiger partial charge in [-0.3, -0.25) is 0 Å². The summed E-state index contributed by atoms with van der Waals surface area (Å²) in [4.78, 5) is 18.5. The highest BCUT2D eigenvalue weighted by Gasteiger charge is 2.53. The number of benzene rings is 1. The number of aromatic nitrogens is 2. The van der Waals surface area contributed by atoms with Crippen LogP contribution in [0.25, 0.3) is 0 Å². The van der Waals surface area contributed by atoms with Crippen molar-refractivity contribution in [1.29, 1.82) is 0 Å². The molecule has 0 bridgehead atoms. The number of aliphatic hydroxyl groups excluding tert-OH is 1. The van der Waals surface area contributed by atoms with E-state index < -0.39 is 27.1 Å². The van der Waals surface area contributed by atoms with Crippen molar-refractivity contribution in [3.63, 3.8) is 0 Å². The van der Waals surface area contributed by atoms with Gasteiger partial charge in [-0.15, -0.1) is 0 Å². The van der Waals surface area contributed by atoms with E-state index in [0.29, 0.717) is 16.9 Å². The van der Waals surface area contributed by atoms with Crippen LogP contribution in [0.2, 0.25) is 0 Å². The summed E-state index contributed by atoms with van der Waals surface area (Å²) in [5, 5.41) is 11.3. The number of imidazole rings is 1. The smallest absolute Gasteiger partial charge is 0.358 e. The third-order valence-corrected chi connectivity index (χ3v) is 10.8. The molecule has 5 rings (SSSR count). The number of carbonyl (C=O) groups is 1. The SMILES string of the molecule is Cc1cc(OS(=O)(=O)c2cn(C)cn2)c(C(C)(C)C)c(SC2=C(O)CC(C3CCCC3)(C3CCCC3)OC2=O)c1. The monoisotopic (exact) mass is 588 g/mol. The highest BCUT2D eigenvalue weighted by Crippen LogP contribution is 2.54. The second-order valence-corrected chi connectivity index (χ2v) is 15.2. The Morgan fingerprint density at radius 2 is 1.70 bits per heavy atom. The number of aliphatic hydroxyl groups is 1. The predicted molar refractivity (Wildman–Crippen MR) is 154 cm³/mol. The summed E-state index contributed by atoms with van der Waals surface area (Å²) in [7, 11) is -2.51. The lowest BCUT2D eigenvalue weighted by atomic mass is 9.71. The zero-order chi connectivity index (χ0) is 28.9. The molecule has 2 heterocycles. The Labute approximate surface area is 241 Å². The molecular weight excluding hydrogens is 548 g/mol. The van der Waals surface area contributed by atoms with Gasteiger partial charge < -0.3 is 18.6 Å². The van der Waals surface area contributed by atoms with Gasteiger partial charge in [0.25, 0.3) is 0 Å². The minimum Gasteiger partial charge on any atom is -0.511 e. The zero-order valence-corrected chi connectivity index (χ0v) is 25.7. The van der Waals surface area contributed by atoms with Gasteiger partial charge in [0.15, 0.2) is 0 Å².